The van der Waals surface area contributed by atoms with Gasteiger partial charge >= 0.3 is 0 Å². The molecular weight excluding hydrogens is 176 g/mol. The molecule has 66 valence electrons. The molecule has 2 N–H and O–H groups in total. The SMILES string of the molecule is CNC(=S)NCCC(C)SC. The van der Waals surface area contributed by atoms with Crippen LogP contribution in [0.3, 0.4) is 0 Å². The molecule has 0 aliphatic heterocycles. The molecule has 0 saturated heterocycles. The highest BCUT2D eigenvalue weighted by atomic mass is 32.2. The summed E-state index contributed by atoms with van der Waals surface area (Å²) in [6.45, 7) is 3.18. The van der Waals surface area contributed by atoms with Gasteiger partial charge < -0.3 is 10.6 Å². The molecular formula is C7H16N2S2. The maximum Gasteiger partial charge on any atom is 0.166 e. The van der Waals surface area contributed by atoms with Crippen LogP contribution in [-0.4, -0.2) is 30.2 Å². The number of thiocarbonyl (C=S) groups is 1. The first-order valence-corrected chi connectivity index (χ1v) is 5.38. The number of thioether (sulfide) groups is 1. The third kappa shape index (κ3) is 6.44. The van der Waals surface area contributed by atoms with E-state index < -0.39 is 0 Å². The van der Waals surface area contributed by atoms with Crippen molar-refractivity contribution in [2.45, 2.75) is 18.6 Å². The average molecular weight is 192 g/mol. The van der Waals surface area contributed by atoms with Crippen molar-refractivity contribution in [2.75, 3.05) is 19.8 Å². The fourth-order valence-electron chi connectivity index (χ4n) is 0.595. The van der Waals surface area contributed by atoms with Gasteiger partial charge in [-0.1, -0.05) is 6.92 Å². The molecule has 0 aromatic heterocycles. The highest BCUT2D eigenvalue weighted by Crippen LogP contribution is 2.07. The van der Waals surface area contributed by atoms with Crippen LogP contribution in [0.2, 0.25) is 0 Å². The number of nitrogens with one attached hydrogen (secondary N) is 2. The van der Waals surface area contributed by atoms with Gasteiger partial charge in [0.1, 0.15) is 0 Å². The number of hydrogen-bond donors (Lipinski definition) is 2. The molecule has 11 heavy (non-hydrogen) atoms. The maximum absolute atomic E-state index is 4.91. The van der Waals surface area contributed by atoms with Gasteiger partial charge in [0.2, 0.25) is 0 Å². The molecule has 2 nitrogen and oxygen atoms in total. The summed E-state index contributed by atoms with van der Waals surface area (Å²) in [6, 6.07) is 0. The number of hydrogen-bond acceptors (Lipinski definition) is 2. The predicted octanol–water partition coefficient (Wildman–Crippen LogP) is 1.22. The standard InChI is InChI=1S/C7H16N2S2/c1-6(11-3)4-5-9-7(10)8-2/h6H,4-5H2,1-3H3,(H2,8,9,10). The van der Waals surface area contributed by atoms with Crippen molar-refractivity contribution in [3.63, 3.8) is 0 Å². The average Bonchev–Trinajstić information content (AvgIpc) is 2.04. The van der Waals surface area contributed by atoms with Crippen molar-refractivity contribution in [3.8, 4) is 0 Å². The van der Waals surface area contributed by atoms with Gasteiger partial charge in [0, 0.05) is 18.8 Å². The van der Waals surface area contributed by atoms with Gasteiger partial charge in [-0.3, -0.25) is 0 Å². The quantitative estimate of drug-likeness (QED) is 0.654. The zero-order chi connectivity index (χ0) is 8.69. The molecule has 0 saturated carbocycles. The van der Waals surface area contributed by atoms with E-state index in [0.29, 0.717) is 5.25 Å². The van der Waals surface area contributed by atoms with Gasteiger partial charge in [-0.25, -0.2) is 0 Å². The fraction of sp³-hybridized carbons (Fsp3) is 0.857. The second-order valence-corrected chi connectivity index (χ2v) is 4.03. The van der Waals surface area contributed by atoms with Crippen LogP contribution in [0.4, 0.5) is 0 Å². The second kappa shape index (κ2) is 6.73. The Morgan fingerprint density at radius 3 is 2.73 bits per heavy atom. The Bertz CT molecular complexity index is 117. The van der Waals surface area contributed by atoms with Gasteiger partial charge in [0.25, 0.3) is 0 Å². The first kappa shape index (κ1) is 11.0. The molecule has 1 atom stereocenters. The Balaban J connectivity index is 3.20. The zero-order valence-electron chi connectivity index (χ0n) is 7.31. The van der Waals surface area contributed by atoms with Crippen molar-refractivity contribution in [1.82, 2.24) is 10.6 Å². The molecule has 0 spiro atoms. The molecule has 4 heteroatoms. The Kier molecular flexibility index (Phi) is 6.76. The smallest absolute Gasteiger partial charge is 0.166 e. The van der Waals surface area contributed by atoms with Gasteiger partial charge in [-0.05, 0) is 24.9 Å². The summed E-state index contributed by atoms with van der Waals surface area (Å²) in [5.41, 5.74) is 0. The normalized spacial score (nSPS) is 12.3. The monoisotopic (exact) mass is 192 g/mol. The lowest BCUT2D eigenvalue weighted by Crippen LogP contribution is -2.33. The van der Waals surface area contributed by atoms with E-state index in [2.05, 4.69) is 23.8 Å². The molecule has 0 aliphatic rings. The van der Waals surface area contributed by atoms with Crippen LogP contribution in [0.25, 0.3) is 0 Å². The second-order valence-electron chi connectivity index (χ2n) is 2.34. The maximum atomic E-state index is 4.91. The Hall–Kier alpha value is 0.0400. The zero-order valence-corrected chi connectivity index (χ0v) is 8.94. The minimum atomic E-state index is 0.710. The molecule has 0 rings (SSSR count). The third-order valence-corrected chi connectivity index (χ3v) is 2.85. The molecule has 0 bridgehead atoms. The van der Waals surface area contributed by atoms with Crippen molar-refractivity contribution < 1.29 is 0 Å². The van der Waals surface area contributed by atoms with E-state index in [9.17, 15) is 0 Å². The fourth-order valence-corrected chi connectivity index (χ4v) is 1.05. The number of rotatable bonds is 4. The first-order chi connectivity index (χ1) is 5.20. The van der Waals surface area contributed by atoms with Gasteiger partial charge in [-0.2, -0.15) is 11.8 Å². The summed E-state index contributed by atoms with van der Waals surface area (Å²) in [5, 5.41) is 7.42. The van der Waals surface area contributed by atoms with Crippen LogP contribution in [0.5, 0.6) is 0 Å². The lowest BCUT2D eigenvalue weighted by atomic mass is 10.3. The summed E-state index contributed by atoms with van der Waals surface area (Å²) in [6.07, 6.45) is 3.28. The van der Waals surface area contributed by atoms with Crippen molar-refractivity contribution >= 4 is 29.1 Å². The highest BCUT2D eigenvalue weighted by Gasteiger charge is 1.98. The van der Waals surface area contributed by atoms with Gasteiger partial charge in [0.05, 0.1) is 0 Å². The molecule has 0 radical (unpaired) electrons. The molecule has 0 aromatic rings. The van der Waals surface area contributed by atoms with E-state index in [1.54, 1.807) is 0 Å². The largest absolute Gasteiger partial charge is 0.366 e. The minimum Gasteiger partial charge on any atom is -0.366 e. The van der Waals surface area contributed by atoms with E-state index >= 15 is 0 Å². The van der Waals surface area contributed by atoms with Gasteiger partial charge in [-0.15, -0.1) is 0 Å². The molecule has 0 heterocycles. The topological polar surface area (TPSA) is 24.1 Å². The van der Waals surface area contributed by atoms with Gasteiger partial charge in [0.15, 0.2) is 5.11 Å². The summed E-state index contributed by atoms with van der Waals surface area (Å²) < 4.78 is 0. The molecule has 0 aliphatic carbocycles. The van der Waals surface area contributed by atoms with Crippen LogP contribution >= 0.6 is 24.0 Å². The minimum absolute atomic E-state index is 0.710. The van der Waals surface area contributed by atoms with Crippen LogP contribution < -0.4 is 10.6 Å². The lowest BCUT2D eigenvalue weighted by Gasteiger charge is -2.09. The molecule has 0 amide bonds. The van der Waals surface area contributed by atoms with E-state index in [1.807, 2.05) is 18.8 Å². The van der Waals surface area contributed by atoms with Crippen LogP contribution in [0.1, 0.15) is 13.3 Å². The van der Waals surface area contributed by atoms with Crippen LogP contribution in [-0.2, 0) is 0 Å². The summed E-state index contributed by atoms with van der Waals surface area (Å²) >= 11 is 6.79. The Morgan fingerprint density at radius 1 is 1.64 bits per heavy atom. The van der Waals surface area contributed by atoms with E-state index in [1.165, 1.54) is 0 Å². The summed E-state index contributed by atoms with van der Waals surface area (Å²) in [5.74, 6) is 0. The van der Waals surface area contributed by atoms with E-state index in [0.717, 1.165) is 18.1 Å². The van der Waals surface area contributed by atoms with Crippen molar-refractivity contribution in [2.24, 2.45) is 0 Å². The highest BCUT2D eigenvalue weighted by molar-refractivity contribution is 7.99. The third-order valence-electron chi connectivity index (χ3n) is 1.47. The first-order valence-electron chi connectivity index (χ1n) is 3.69. The molecule has 1 unspecified atom stereocenters. The summed E-state index contributed by atoms with van der Waals surface area (Å²) in [7, 11) is 1.83. The van der Waals surface area contributed by atoms with Crippen LogP contribution in [0.15, 0.2) is 0 Å². The van der Waals surface area contributed by atoms with Crippen molar-refractivity contribution in [1.29, 1.82) is 0 Å². The van der Waals surface area contributed by atoms with Crippen LogP contribution in [0, 0.1) is 0 Å². The lowest BCUT2D eigenvalue weighted by molar-refractivity contribution is 0.762. The molecule has 0 fully saturated rings. The molecule has 0 aromatic carbocycles. The van der Waals surface area contributed by atoms with Crippen molar-refractivity contribution in [3.05, 3.63) is 0 Å². The predicted molar refractivity (Wildman–Crippen MR) is 57.3 cm³/mol. The van der Waals surface area contributed by atoms with E-state index in [-0.39, 0.29) is 0 Å². The Labute approximate surface area is 78.5 Å². The summed E-state index contributed by atoms with van der Waals surface area (Å²) in [4.78, 5) is 0. The van der Waals surface area contributed by atoms with E-state index in [4.69, 9.17) is 12.2 Å². The Morgan fingerprint density at radius 2 is 2.27 bits per heavy atom.